The molecule has 3 aromatic rings. The van der Waals surface area contributed by atoms with Crippen molar-refractivity contribution >= 4 is 28.4 Å². The van der Waals surface area contributed by atoms with Gasteiger partial charge in [0.25, 0.3) is 0 Å². The number of carbonyl (C=O) groups is 1. The normalized spacial score (nSPS) is 16.2. The second-order valence-electron chi connectivity index (χ2n) is 9.06. The molecular formula is C25H30N2O3. The molecular weight excluding hydrogens is 376 g/mol. The molecule has 5 heteroatoms. The van der Waals surface area contributed by atoms with E-state index in [9.17, 15) is 4.79 Å². The number of carbonyl (C=O) groups excluding carboxylic acids is 1. The van der Waals surface area contributed by atoms with E-state index in [1.54, 1.807) is 6.26 Å². The summed E-state index contributed by atoms with van der Waals surface area (Å²) in [7, 11) is 2.08. The van der Waals surface area contributed by atoms with Gasteiger partial charge in [0.2, 0.25) is 0 Å². The van der Waals surface area contributed by atoms with Crippen LogP contribution in [0.3, 0.4) is 0 Å². The number of benzene rings is 2. The molecule has 1 heterocycles. The molecule has 1 aromatic heterocycles. The lowest BCUT2D eigenvalue weighted by Gasteiger charge is -2.28. The van der Waals surface area contributed by atoms with Crippen molar-refractivity contribution in [3.8, 4) is 0 Å². The van der Waals surface area contributed by atoms with E-state index in [1.807, 2.05) is 26.8 Å². The fraction of sp³-hybridized carbons (Fsp3) is 0.400. The lowest BCUT2D eigenvalue weighted by Crippen LogP contribution is -2.35. The van der Waals surface area contributed by atoms with E-state index >= 15 is 0 Å². The number of aryl methyl sites for hydroxylation is 1. The summed E-state index contributed by atoms with van der Waals surface area (Å²) in [5, 5.41) is 4.05. The highest BCUT2D eigenvalue weighted by molar-refractivity contribution is 5.82. The van der Waals surface area contributed by atoms with Crippen molar-refractivity contribution in [1.29, 1.82) is 0 Å². The summed E-state index contributed by atoms with van der Waals surface area (Å²) in [6.07, 6.45) is 4.64. The molecule has 0 radical (unpaired) electrons. The number of ether oxygens (including phenoxy) is 1. The third-order valence-electron chi connectivity index (χ3n) is 5.67. The highest BCUT2D eigenvalue weighted by Gasteiger charge is 2.23. The Kier molecular flexibility index (Phi) is 5.46. The minimum absolute atomic E-state index is 0.320. The zero-order chi connectivity index (χ0) is 21.3. The van der Waals surface area contributed by atoms with Crippen molar-refractivity contribution in [2.75, 3.05) is 18.5 Å². The van der Waals surface area contributed by atoms with Gasteiger partial charge in [0.15, 0.2) is 0 Å². The van der Waals surface area contributed by atoms with Crippen molar-refractivity contribution in [1.82, 2.24) is 5.32 Å². The molecule has 4 rings (SSSR count). The van der Waals surface area contributed by atoms with Gasteiger partial charge in [-0.15, -0.1) is 0 Å². The van der Waals surface area contributed by atoms with Crippen LogP contribution in [0.1, 0.15) is 50.7 Å². The van der Waals surface area contributed by atoms with Gasteiger partial charge < -0.3 is 19.4 Å². The molecule has 1 atom stereocenters. The molecule has 158 valence electrons. The van der Waals surface area contributed by atoms with E-state index in [1.165, 1.54) is 11.1 Å². The van der Waals surface area contributed by atoms with Gasteiger partial charge in [-0.25, -0.2) is 4.79 Å². The first-order valence-electron chi connectivity index (χ1n) is 10.6. The maximum absolute atomic E-state index is 12.0. The molecule has 0 saturated heterocycles. The Hall–Kier alpha value is -2.95. The number of hydrogen-bond donors (Lipinski definition) is 1. The number of alkyl carbamates (subject to hydrolysis) is 1. The number of nitrogens with zero attached hydrogens (tertiary/aromatic N) is 1. The Labute approximate surface area is 178 Å². The first-order chi connectivity index (χ1) is 14.3. The van der Waals surface area contributed by atoms with Crippen LogP contribution in [-0.2, 0) is 11.2 Å². The first kappa shape index (κ1) is 20.3. The SMILES string of the molecule is CN(c1ccc2c(c1)CCC[C@H]2CNC(=O)OC(C)(C)C)c1ccc2ccoc2c1. The molecule has 1 aliphatic rings. The average Bonchev–Trinajstić information content (AvgIpc) is 3.17. The molecule has 1 amide bonds. The zero-order valence-corrected chi connectivity index (χ0v) is 18.2. The van der Waals surface area contributed by atoms with Crippen molar-refractivity contribution in [2.24, 2.45) is 0 Å². The molecule has 5 nitrogen and oxygen atoms in total. The van der Waals surface area contributed by atoms with E-state index in [-0.39, 0.29) is 6.09 Å². The second-order valence-corrected chi connectivity index (χ2v) is 9.06. The molecule has 2 aromatic carbocycles. The Morgan fingerprint density at radius 3 is 2.73 bits per heavy atom. The summed E-state index contributed by atoms with van der Waals surface area (Å²) < 4.78 is 10.9. The summed E-state index contributed by atoms with van der Waals surface area (Å²) in [6.45, 7) is 6.24. The monoisotopic (exact) mass is 406 g/mol. The van der Waals surface area contributed by atoms with Gasteiger partial charge in [0.1, 0.15) is 11.2 Å². The van der Waals surface area contributed by atoms with Crippen LogP contribution < -0.4 is 10.2 Å². The van der Waals surface area contributed by atoms with Gasteiger partial charge in [0, 0.05) is 42.3 Å². The molecule has 30 heavy (non-hydrogen) atoms. The van der Waals surface area contributed by atoms with Crippen LogP contribution in [0.25, 0.3) is 11.0 Å². The highest BCUT2D eigenvalue weighted by Crippen LogP contribution is 2.35. The average molecular weight is 407 g/mol. The summed E-state index contributed by atoms with van der Waals surface area (Å²) in [5.41, 5.74) is 5.35. The fourth-order valence-electron chi connectivity index (χ4n) is 4.14. The quantitative estimate of drug-likeness (QED) is 0.565. The third-order valence-corrected chi connectivity index (χ3v) is 5.67. The summed E-state index contributed by atoms with van der Waals surface area (Å²) in [4.78, 5) is 14.2. The summed E-state index contributed by atoms with van der Waals surface area (Å²) in [6, 6.07) is 14.9. The van der Waals surface area contributed by atoms with E-state index in [0.717, 1.165) is 41.6 Å². The van der Waals surface area contributed by atoms with E-state index in [0.29, 0.717) is 12.5 Å². The minimum atomic E-state index is -0.479. The predicted molar refractivity (Wildman–Crippen MR) is 121 cm³/mol. The van der Waals surface area contributed by atoms with E-state index in [4.69, 9.17) is 9.15 Å². The summed E-state index contributed by atoms with van der Waals surface area (Å²) >= 11 is 0. The van der Waals surface area contributed by atoms with Crippen LogP contribution in [0.5, 0.6) is 0 Å². The second kappa shape index (κ2) is 8.05. The van der Waals surface area contributed by atoms with E-state index < -0.39 is 5.60 Å². The van der Waals surface area contributed by atoms with Crippen LogP contribution in [0.4, 0.5) is 16.2 Å². The van der Waals surface area contributed by atoms with E-state index in [2.05, 4.69) is 53.7 Å². The van der Waals surface area contributed by atoms with Crippen molar-refractivity contribution < 1.29 is 13.9 Å². The Bertz CT molecular complexity index is 1050. The number of hydrogen-bond acceptors (Lipinski definition) is 4. The van der Waals surface area contributed by atoms with Gasteiger partial charge in [-0.1, -0.05) is 6.07 Å². The third kappa shape index (κ3) is 4.45. The number of anilines is 2. The van der Waals surface area contributed by atoms with Crippen LogP contribution in [0, 0.1) is 0 Å². The predicted octanol–water partition coefficient (Wildman–Crippen LogP) is 6.15. The molecule has 0 saturated carbocycles. The zero-order valence-electron chi connectivity index (χ0n) is 18.2. The number of rotatable bonds is 4. The Morgan fingerprint density at radius 2 is 1.93 bits per heavy atom. The topological polar surface area (TPSA) is 54.7 Å². The smallest absolute Gasteiger partial charge is 0.407 e. The number of nitrogens with one attached hydrogen (secondary N) is 1. The Balaban J connectivity index is 1.49. The van der Waals surface area contributed by atoms with Crippen LogP contribution in [0.15, 0.2) is 53.1 Å². The largest absolute Gasteiger partial charge is 0.464 e. The molecule has 0 spiro atoms. The highest BCUT2D eigenvalue weighted by atomic mass is 16.6. The standard InChI is InChI=1S/C25H30N2O3/c1-25(2,3)30-24(28)26-16-19-7-5-6-18-14-20(10-11-22(18)19)27(4)21-9-8-17-12-13-29-23(17)15-21/h8-15,19H,5-7,16H2,1-4H3,(H,26,28)/t19-/m0/s1. The first-order valence-corrected chi connectivity index (χ1v) is 10.6. The Morgan fingerprint density at radius 1 is 1.17 bits per heavy atom. The van der Waals surface area contributed by atoms with Crippen LogP contribution >= 0.6 is 0 Å². The van der Waals surface area contributed by atoms with Crippen LogP contribution in [-0.4, -0.2) is 25.3 Å². The molecule has 1 aliphatic carbocycles. The van der Waals surface area contributed by atoms with Gasteiger partial charge in [-0.05, 0) is 81.5 Å². The minimum Gasteiger partial charge on any atom is -0.464 e. The lowest BCUT2D eigenvalue weighted by molar-refractivity contribution is 0.0523. The summed E-state index contributed by atoms with van der Waals surface area (Å²) in [5.74, 6) is 0.320. The maximum Gasteiger partial charge on any atom is 0.407 e. The van der Waals surface area contributed by atoms with Gasteiger partial charge in [-0.3, -0.25) is 0 Å². The van der Waals surface area contributed by atoms with Crippen molar-refractivity contribution in [3.05, 3.63) is 59.9 Å². The van der Waals surface area contributed by atoms with Crippen molar-refractivity contribution in [3.63, 3.8) is 0 Å². The van der Waals surface area contributed by atoms with Gasteiger partial charge >= 0.3 is 6.09 Å². The number of fused-ring (bicyclic) bond motifs is 2. The van der Waals surface area contributed by atoms with Gasteiger partial charge in [-0.2, -0.15) is 0 Å². The molecule has 0 bridgehead atoms. The van der Waals surface area contributed by atoms with Crippen LogP contribution in [0.2, 0.25) is 0 Å². The number of furan rings is 1. The van der Waals surface area contributed by atoms with Gasteiger partial charge in [0.05, 0.1) is 6.26 Å². The fourth-order valence-corrected chi connectivity index (χ4v) is 4.14. The van der Waals surface area contributed by atoms with Crippen molar-refractivity contribution in [2.45, 2.75) is 51.6 Å². The molecule has 1 N–H and O–H groups in total. The molecule has 0 fully saturated rings. The lowest BCUT2D eigenvalue weighted by atomic mass is 9.82. The molecule has 0 aliphatic heterocycles. The molecule has 0 unspecified atom stereocenters. The maximum atomic E-state index is 12.0. The number of amides is 1.